The normalized spacial score (nSPS) is 16.1. The summed E-state index contributed by atoms with van der Waals surface area (Å²) in [5.41, 5.74) is 1.65. The minimum absolute atomic E-state index is 0.184. The molecule has 0 unspecified atom stereocenters. The standard InChI is InChI=1S/C27H26ClN3O4S/c1-18(2)17-35-23-11-8-20(13-24(23)33-3)14-25-26(32)31(16-22-5-4-12-34-22)27(36-25)30-29-15-19-6-9-21(28)10-7-19/h4-15,18H,16-17H2,1-3H3/b25-14-,29-15+,30-27-. The Bertz CT molecular complexity index is 1280. The Kier molecular flexibility index (Phi) is 8.51. The third-order valence-electron chi connectivity index (χ3n) is 5.06. The van der Waals surface area contributed by atoms with Crippen LogP contribution in [0.2, 0.25) is 5.02 Å². The second-order valence-corrected chi connectivity index (χ2v) is 9.82. The topological polar surface area (TPSA) is 76.6 Å². The summed E-state index contributed by atoms with van der Waals surface area (Å²) in [5.74, 6) is 2.12. The van der Waals surface area contributed by atoms with Gasteiger partial charge in [0.25, 0.3) is 5.91 Å². The van der Waals surface area contributed by atoms with Gasteiger partial charge in [0.15, 0.2) is 16.7 Å². The van der Waals surface area contributed by atoms with Crippen LogP contribution in [0, 0.1) is 5.92 Å². The number of nitrogens with zero attached hydrogens (tertiary/aromatic N) is 3. The number of benzene rings is 2. The molecule has 1 aromatic heterocycles. The first kappa shape index (κ1) is 25.6. The van der Waals surface area contributed by atoms with Crippen molar-refractivity contribution in [2.75, 3.05) is 13.7 Å². The molecule has 1 saturated heterocycles. The summed E-state index contributed by atoms with van der Waals surface area (Å²) >= 11 is 7.19. The minimum atomic E-state index is -0.184. The molecule has 2 heterocycles. The molecule has 2 aromatic carbocycles. The van der Waals surface area contributed by atoms with Crippen molar-refractivity contribution in [3.8, 4) is 11.5 Å². The van der Waals surface area contributed by atoms with Gasteiger partial charge in [0.05, 0.1) is 37.6 Å². The maximum atomic E-state index is 13.3. The average molecular weight is 524 g/mol. The maximum absolute atomic E-state index is 13.3. The van der Waals surface area contributed by atoms with Gasteiger partial charge >= 0.3 is 0 Å². The highest BCUT2D eigenvalue weighted by molar-refractivity contribution is 8.18. The molecule has 1 amide bonds. The van der Waals surface area contributed by atoms with Gasteiger partial charge in [-0.15, -0.1) is 5.10 Å². The van der Waals surface area contributed by atoms with Crippen molar-refractivity contribution in [2.24, 2.45) is 16.1 Å². The van der Waals surface area contributed by atoms with E-state index in [0.29, 0.717) is 44.9 Å². The second-order valence-electron chi connectivity index (χ2n) is 8.38. The number of halogens is 1. The molecule has 9 heteroatoms. The molecule has 3 aromatic rings. The van der Waals surface area contributed by atoms with Gasteiger partial charge in [-0.1, -0.05) is 43.6 Å². The zero-order chi connectivity index (χ0) is 25.5. The predicted octanol–water partition coefficient (Wildman–Crippen LogP) is 6.48. The van der Waals surface area contributed by atoms with Crippen molar-refractivity contribution >= 4 is 46.7 Å². The number of amidine groups is 1. The van der Waals surface area contributed by atoms with Gasteiger partial charge in [0, 0.05) is 5.02 Å². The molecular formula is C27H26ClN3O4S. The first-order valence-electron chi connectivity index (χ1n) is 11.3. The van der Waals surface area contributed by atoms with E-state index < -0.39 is 0 Å². The zero-order valence-electron chi connectivity index (χ0n) is 20.2. The molecule has 186 valence electrons. The fourth-order valence-electron chi connectivity index (χ4n) is 3.28. The number of amides is 1. The van der Waals surface area contributed by atoms with Gasteiger partial charge in [-0.25, -0.2) is 0 Å². The highest BCUT2D eigenvalue weighted by atomic mass is 35.5. The molecule has 0 saturated carbocycles. The van der Waals surface area contributed by atoms with Crippen LogP contribution < -0.4 is 9.47 Å². The molecule has 1 aliphatic heterocycles. The molecule has 1 aliphatic rings. The van der Waals surface area contributed by atoms with Crippen molar-refractivity contribution in [3.05, 3.63) is 87.7 Å². The van der Waals surface area contributed by atoms with E-state index in [0.717, 1.165) is 11.1 Å². The highest BCUT2D eigenvalue weighted by Crippen LogP contribution is 2.35. The summed E-state index contributed by atoms with van der Waals surface area (Å²) in [5, 5.41) is 9.62. The molecule has 1 fully saturated rings. The molecule has 0 atom stereocenters. The van der Waals surface area contributed by atoms with Gasteiger partial charge in [0.1, 0.15) is 5.76 Å². The van der Waals surface area contributed by atoms with Crippen molar-refractivity contribution in [1.29, 1.82) is 0 Å². The lowest BCUT2D eigenvalue weighted by Gasteiger charge is -2.13. The van der Waals surface area contributed by atoms with Gasteiger partial charge in [-0.2, -0.15) is 5.10 Å². The quantitative estimate of drug-likeness (QED) is 0.182. The number of furan rings is 1. The van der Waals surface area contributed by atoms with Crippen molar-refractivity contribution in [3.63, 3.8) is 0 Å². The largest absolute Gasteiger partial charge is 0.493 e. The van der Waals surface area contributed by atoms with E-state index in [2.05, 4.69) is 24.1 Å². The Labute approximate surface area is 219 Å². The third kappa shape index (κ3) is 6.59. The minimum Gasteiger partial charge on any atom is -0.493 e. The van der Waals surface area contributed by atoms with E-state index in [4.69, 9.17) is 25.5 Å². The number of rotatable bonds is 9. The average Bonchev–Trinajstić information content (AvgIpc) is 3.48. The third-order valence-corrected chi connectivity index (χ3v) is 6.31. The summed E-state index contributed by atoms with van der Waals surface area (Å²) in [6.45, 7) is 5.00. The van der Waals surface area contributed by atoms with Crippen molar-refractivity contribution in [1.82, 2.24) is 4.90 Å². The van der Waals surface area contributed by atoms with E-state index in [1.54, 1.807) is 42.7 Å². The summed E-state index contributed by atoms with van der Waals surface area (Å²) in [6, 6.07) is 16.4. The van der Waals surface area contributed by atoms with Gasteiger partial charge in [0.2, 0.25) is 0 Å². The molecule has 0 spiro atoms. The van der Waals surface area contributed by atoms with Crippen molar-refractivity contribution < 1.29 is 18.7 Å². The van der Waals surface area contributed by atoms with E-state index in [1.165, 1.54) is 11.8 Å². The number of methoxy groups -OCH3 is 1. The highest BCUT2D eigenvalue weighted by Gasteiger charge is 2.34. The molecule has 0 radical (unpaired) electrons. The Hall–Kier alpha value is -3.49. The molecule has 4 rings (SSSR count). The van der Waals surface area contributed by atoms with Crippen LogP contribution in [0.15, 0.2) is 80.4 Å². The van der Waals surface area contributed by atoms with Crippen molar-refractivity contribution in [2.45, 2.75) is 20.4 Å². The number of carbonyl (C=O) groups is 1. The SMILES string of the molecule is COc1cc(/C=C2\S/C(=N\N=C\c3ccc(Cl)cc3)N(Cc3ccco3)C2=O)ccc1OCC(C)C. The lowest BCUT2D eigenvalue weighted by atomic mass is 10.1. The number of thioether (sulfide) groups is 1. The monoisotopic (exact) mass is 523 g/mol. The summed E-state index contributed by atoms with van der Waals surface area (Å²) in [4.78, 5) is 15.4. The first-order chi connectivity index (χ1) is 17.4. The van der Waals surface area contributed by atoms with Crippen LogP contribution in [0.5, 0.6) is 11.5 Å². The van der Waals surface area contributed by atoms with E-state index in [9.17, 15) is 4.79 Å². The zero-order valence-corrected chi connectivity index (χ0v) is 21.8. The fraction of sp³-hybridized carbons (Fsp3) is 0.222. The van der Waals surface area contributed by atoms with Crippen LogP contribution in [-0.2, 0) is 11.3 Å². The molecule has 0 N–H and O–H groups in total. The van der Waals surface area contributed by atoms with Gasteiger partial charge < -0.3 is 13.9 Å². The number of hydrogen-bond donors (Lipinski definition) is 0. The van der Waals surface area contributed by atoms with E-state index >= 15 is 0 Å². The number of carbonyl (C=O) groups excluding carboxylic acids is 1. The second kappa shape index (κ2) is 12.0. The van der Waals surface area contributed by atoms with Crippen LogP contribution >= 0.6 is 23.4 Å². The number of hydrogen-bond acceptors (Lipinski definition) is 7. The van der Waals surface area contributed by atoms with Crippen LogP contribution in [0.3, 0.4) is 0 Å². The van der Waals surface area contributed by atoms with E-state index in [1.807, 2.05) is 42.5 Å². The number of ether oxygens (including phenoxy) is 2. The first-order valence-corrected chi connectivity index (χ1v) is 12.5. The fourth-order valence-corrected chi connectivity index (χ4v) is 4.34. The Morgan fingerprint density at radius 1 is 1.11 bits per heavy atom. The lowest BCUT2D eigenvalue weighted by molar-refractivity contribution is -0.122. The summed E-state index contributed by atoms with van der Waals surface area (Å²) in [7, 11) is 1.60. The lowest BCUT2D eigenvalue weighted by Crippen LogP contribution is -2.28. The van der Waals surface area contributed by atoms with Gasteiger partial charge in [-0.3, -0.25) is 9.69 Å². The van der Waals surface area contributed by atoms with Crippen LogP contribution in [0.25, 0.3) is 6.08 Å². The Morgan fingerprint density at radius 3 is 2.58 bits per heavy atom. The predicted molar refractivity (Wildman–Crippen MR) is 145 cm³/mol. The Morgan fingerprint density at radius 2 is 1.89 bits per heavy atom. The maximum Gasteiger partial charge on any atom is 0.267 e. The molecule has 36 heavy (non-hydrogen) atoms. The van der Waals surface area contributed by atoms with Crippen LogP contribution in [0.1, 0.15) is 30.7 Å². The summed E-state index contributed by atoms with van der Waals surface area (Å²) < 4.78 is 16.8. The van der Waals surface area contributed by atoms with E-state index in [-0.39, 0.29) is 12.5 Å². The molecule has 7 nitrogen and oxygen atoms in total. The Balaban J connectivity index is 1.59. The molecular weight excluding hydrogens is 498 g/mol. The summed E-state index contributed by atoms with van der Waals surface area (Å²) in [6.07, 6.45) is 4.99. The van der Waals surface area contributed by atoms with Gasteiger partial charge in [-0.05, 0) is 71.3 Å². The molecule has 0 aliphatic carbocycles. The molecule has 0 bridgehead atoms. The smallest absolute Gasteiger partial charge is 0.267 e. The van der Waals surface area contributed by atoms with Crippen LogP contribution in [0.4, 0.5) is 0 Å². The van der Waals surface area contributed by atoms with Crippen LogP contribution in [-0.4, -0.2) is 35.9 Å².